The van der Waals surface area contributed by atoms with Crippen LogP contribution in [0.15, 0.2) is 24.3 Å². The molecule has 0 radical (unpaired) electrons. The molecule has 1 amide bonds. The molecule has 1 aromatic carbocycles. The molecule has 23 heavy (non-hydrogen) atoms. The molecule has 0 atom stereocenters. The number of nitrogens with zero attached hydrogens (tertiary/aromatic N) is 1. The summed E-state index contributed by atoms with van der Waals surface area (Å²) in [5.41, 5.74) is 1.67. The van der Waals surface area contributed by atoms with Crippen LogP contribution in [0.25, 0.3) is 0 Å². The second kappa shape index (κ2) is 6.80. The SMILES string of the molecule is N#Cc1c(NC(=O)COc2ccc(F)cc2)sc2c1CCCC2. The molecule has 3 rings (SSSR count). The fourth-order valence-corrected chi connectivity index (χ4v) is 3.87. The molecule has 0 saturated heterocycles. The number of rotatable bonds is 4. The first-order chi connectivity index (χ1) is 11.2. The van der Waals surface area contributed by atoms with Crippen LogP contribution in [-0.2, 0) is 17.6 Å². The van der Waals surface area contributed by atoms with E-state index in [9.17, 15) is 14.4 Å². The van der Waals surface area contributed by atoms with Gasteiger partial charge < -0.3 is 10.1 Å². The molecule has 0 unspecified atom stereocenters. The van der Waals surface area contributed by atoms with Gasteiger partial charge in [-0.3, -0.25) is 4.79 Å². The van der Waals surface area contributed by atoms with E-state index < -0.39 is 0 Å². The molecule has 1 aliphatic carbocycles. The lowest BCUT2D eigenvalue weighted by atomic mass is 9.96. The van der Waals surface area contributed by atoms with Crippen LogP contribution in [0, 0.1) is 17.1 Å². The van der Waals surface area contributed by atoms with Crippen molar-refractivity contribution in [2.75, 3.05) is 11.9 Å². The zero-order chi connectivity index (χ0) is 16.2. The number of carbonyl (C=O) groups excluding carboxylic acids is 1. The van der Waals surface area contributed by atoms with Crippen LogP contribution in [-0.4, -0.2) is 12.5 Å². The van der Waals surface area contributed by atoms with E-state index in [2.05, 4.69) is 11.4 Å². The third-order valence-electron chi connectivity index (χ3n) is 3.72. The highest BCUT2D eigenvalue weighted by Crippen LogP contribution is 2.37. The van der Waals surface area contributed by atoms with E-state index in [1.807, 2.05) is 0 Å². The predicted octanol–water partition coefficient (Wildman–Crippen LogP) is 3.66. The summed E-state index contributed by atoms with van der Waals surface area (Å²) in [6, 6.07) is 7.68. The van der Waals surface area contributed by atoms with Crippen molar-refractivity contribution in [2.24, 2.45) is 0 Å². The normalized spacial score (nSPS) is 13.0. The van der Waals surface area contributed by atoms with Crippen molar-refractivity contribution < 1.29 is 13.9 Å². The van der Waals surface area contributed by atoms with Gasteiger partial charge in [-0.1, -0.05) is 0 Å². The van der Waals surface area contributed by atoms with Gasteiger partial charge in [-0.05, 0) is 55.5 Å². The summed E-state index contributed by atoms with van der Waals surface area (Å²) >= 11 is 1.48. The summed E-state index contributed by atoms with van der Waals surface area (Å²) in [6.45, 7) is -0.181. The van der Waals surface area contributed by atoms with Gasteiger partial charge in [0.15, 0.2) is 6.61 Å². The first-order valence-electron chi connectivity index (χ1n) is 7.40. The molecular weight excluding hydrogens is 315 g/mol. The van der Waals surface area contributed by atoms with Gasteiger partial charge in [0, 0.05) is 4.88 Å². The molecule has 0 aliphatic heterocycles. The molecule has 0 bridgehead atoms. The second-order valence-corrected chi connectivity index (χ2v) is 6.42. The van der Waals surface area contributed by atoms with Gasteiger partial charge in [0.05, 0.1) is 5.56 Å². The first kappa shape index (κ1) is 15.5. The quantitative estimate of drug-likeness (QED) is 0.930. The summed E-state index contributed by atoms with van der Waals surface area (Å²) in [5.74, 6) is -0.262. The number of carbonyl (C=O) groups is 1. The maximum absolute atomic E-state index is 12.8. The Morgan fingerprint density at radius 1 is 1.30 bits per heavy atom. The van der Waals surface area contributed by atoms with Crippen molar-refractivity contribution in [3.05, 3.63) is 46.1 Å². The minimum Gasteiger partial charge on any atom is -0.484 e. The van der Waals surface area contributed by atoms with E-state index in [0.717, 1.165) is 31.2 Å². The number of aryl methyl sites for hydroxylation is 1. The lowest BCUT2D eigenvalue weighted by Gasteiger charge is -2.09. The van der Waals surface area contributed by atoms with Crippen LogP contribution in [0.3, 0.4) is 0 Å². The Kier molecular flexibility index (Phi) is 4.58. The van der Waals surface area contributed by atoms with Crippen LogP contribution >= 0.6 is 11.3 Å². The third kappa shape index (κ3) is 3.51. The Bertz CT molecular complexity index is 762. The number of anilines is 1. The molecule has 4 nitrogen and oxygen atoms in total. The first-order valence-corrected chi connectivity index (χ1v) is 8.22. The lowest BCUT2D eigenvalue weighted by Crippen LogP contribution is -2.20. The zero-order valence-electron chi connectivity index (χ0n) is 12.4. The van der Waals surface area contributed by atoms with Crippen LogP contribution in [0.1, 0.15) is 28.8 Å². The minimum atomic E-state index is -0.357. The lowest BCUT2D eigenvalue weighted by molar-refractivity contribution is -0.118. The van der Waals surface area contributed by atoms with Gasteiger partial charge in [0.1, 0.15) is 22.6 Å². The Hall–Kier alpha value is -2.39. The fourth-order valence-electron chi connectivity index (χ4n) is 2.61. The average Bonchev–Trinajstić information content (AvgIpc) is 2.91. The molecule has 0 saturated carbocycles. The number of amides is 1. The van der Waals surface area contributed by atoms with E-state index in [1.165, 1.54) is 40.5 Å². The van der Waals surface area contributed by atoms with Crippen molar-refractivity contribution in [1.29, 1.82) is 5.26 Å². The molecule has 1 aliphatic rings. The number of nitriles is 1. The van der Waals surface area contributed by atoms with Gasteiger partial charge in [-0.25, -0.2) is 4.39 Å². The number of thiophene rings is 1. The molecule has 6 heteroatoms. The summed E-state index contributed by atoms with van der Waals surface area (Å²) < 4.78 is 18.1. The Labute approximate surface area is 137 Å². The zero-order valence-corrected chi connectivity index (χ0v) is 13.2. The van der Waals surface area contributed by atoms with E-state index in [1.54, 1.807) is 0 Å². The van der Waals surface area contributed by atoms with Gasteiger partial charge in [-0.15, -0.1) is 11.3 Å². The van der Waals surface area contributed by atoms with Gasteiger partial charge in [0.2, 0.25) is 0 Å². The largest absolute Gasteiger partial charge is 0.484 e. The number of halogens is 1. The van der Waals surface area contributed by atoms with Crippen molar-refractivity contribution in [2.45, 2.75) is 25.7 Å². The number of hydrogen-bond donors (Lipinski definition) is 1. The maximum atomic E-state index is 12.8. The minimum absolute atomic E-state index is 0.181. The van der Waals surface area contributed by atoms with Crippen molar-refractivity contribution >= 4 is 22.2 Å². The third-order valence-corrected chi connectivity index (χ3v) is 4.93. The highest BCUT2D eigenvalue weighted by molar-refractivity contribution is 7.16. The summed E-state index contributed by atoms with van der Waals surface area (Å²) in [7, 11) is 0. The Morgan fingerprint density at radius 2 is 2.04 bits per heavy atom. The van der Waals surface area contributed by atoms with Crippen molar-refractivity contribution in [1.82, 2.24) is 0 Å². The molecular formula is C17H15FN2O2S. The Balaban J connectivity index is 1.65. The summed E-state index contributed by atoms with van der Waals surface area (Å²) in [4.78, 5) is 13.2. The summed E-state index contributed by atoms with van der Waals surface area (Å²) in [6.07, 6.45) is 4.08. The molecule has 118 valence electrons. The van der Waals surface area contributed by atoms with Crippen LogP contribution in [0.2, 0.25) is 0 Å². The second-order valence-electron chi connectivity index (χ2n) is 5.32. The molecule has 1 aromatic heterocycles. The molecule has 1 heterocycles. The van der Waals surface area contributed by atoms with Crippen LogP contribution in [0.4, 0.5) is 9.39 Å². The molecule has 2 aromatic rings. The molecule has 1 N–H and O–H groups in total. The number of nitrogens with one attached hydrogen (secondary N) is 1. The number of hydrogen-bond acceptors (Lipinski definition) is 4. The van der Waals surface area contributed by atoms with Gasteiger partial charge >= 0.3 is 0 Å². The number of fused-ring (bicyclic) bond motifs is 1. The smallest absolute Gasteiger partial charge is 0.262 e. The van der Waals surface area contributed by atoms with Crippen LogP contribution in [0.5, 0.6) is 5.75 Å². The molecule has 0 spiro atoms. The highest BCUT2D eigenvalue weighted by Gasteiger charge is 2.21. The van der Waals surface area contributed by atoms with E-state index >= 15 is 0 Å². The topological polar surface area (TPSA) is 62.1 Å². The number of ether oxygens (including phenoxy) is 1. The van der Waals surface area contributed by atoms with Gasteiger partial charge in [0.25, 0.3) is 5.91 Å². The van der Waals surface area contributed by atoms with Crippen molar-refractivity contribution in [3.8, 4) is 11.8 Å². The maximum Gasteiger partial charge on any atom is 0.262 e. The van der Waals surface area contributed by atoms with Crippen LogP contribution < -0.4 is 10.1 Å². The molecule has 0 fully saturated rings. The predicted molar refractivity (Wildman–Crippen MR) is 86.2 cm³/mol. The average molecular weight is 330 g/mol. The highest BCUT2D eigenvalue weighted by atomic mass is 32.1. The van der Waals surface area contributed by atoms with E-state index in [-0.39, 0.29) is 18.3 Å². The van der Waals surface area contributed by atoms with Crippen molar-refractivity contribution in [3.63, 3.8) is 0 Å². The van der Waals surface area contributed by atoms with E-state index in [4.69, 9.17) is 4.74 Å². The van der Waals surface area contributed by atoms with E-state index in [0.29, 0.717) is 16.3 Å². The fraction of sp³-hybridized carbons (Fsp3) is 0.294. The number of benzene rings is 1. The standard InChI is InChI=1S/C17H15FN2O2S/c18-11-5-7-12(8-6-11)22-10-16(21)20-17-14(9-19)13-3-1-2-4-15(13)23-17/h5-8H,1-4,10H2,(H,20,21). The summed E-state index contributed by atoms with van der Waals surface area (Å²) in [5, 5.41) is 12.7. The monoisotopic (exact) mass is 330 g/mol. The van der Waals surface area contributed by atoms with Gasteiger partial charge in [-0.2, -0.15) is 5.26 Å². The Morgan fingerprint density at radius 3 is 2.78 bits per heavy atom.